The molecule has 7 nitrogen and oxygen atoms in total. The molecule has 0 fully saturated rings. The molecule has 0 aliphatic carbocycles. The average Bonchev–Trinajstić information content (AvgIpc) is 2.84. The summed E-state index contributed by atoms with van der Waals surface area (Å²) in [6.45, 7) is 0.680. The number of hydrogen-bond donors (Lipinski definition) is 0. The number of esters is 1. The van der Waals surface area contributed by atoms with Crippen molar-refractivity contribution < 1.29 is 23.8 Å². The maximum Gasteiger partial charge on any atom is 0.331 e. The van der Waals surface area contributed by atoms with E-state index in [0.717, 1.165) is 27.6 Å². The number of methoxy groups -OCH3 is 2. The van der Waals surface area contributed by atoms with E-state index in [4.69, 9.17) is 14.2 Å². The van der Waals surface area contributed by atoms with E-state index in [2.05, 4.69) is 4.98 Å². The first kappa shape index (κ1) is 21.4. The summed E-state index contributed by atoms with van der Waals surface area (Å²) in [7, 11) is 3.18. The van der Waals surface area contributed by atoms with Gasteiger partial charge >= 0.3 is 5.97 Å². The van der Waals surface area contributed by atoms with Crippen LogP contribution in [0, 0.1) is 0 Å². The fourth-order valence-corrected chi connectivity index (χ4v) is 3.79. The fourth-order valence-electron chi connectivity index (χ4n) is 3.79. The molecule has 164 valence electrons. The minimum atomic E-state index is -0.574. The number of aromatic nitrogens is 1. The van der Waals surface area contributed by atoms with E-state index in [-0.39, 0.29) is 12.5 Å². The van der Waals surface area contributed by atoms with Crippen LogP contribution in [0.25, 0.3) is 17.0 Å². The Morgan fingerprint density at radius 3 is 2.59 bits per heavy atom. The van der Waals surface area contributed by atoms with E-state index < -0.39 is 5.97 Å². The van der Waals surface area contributed by atoms with E-state index in [1.807, 2.05) is 42.5 Å². The number of amides is 1. The van der Waals surface area contributed by atoms with Crippen LogP contribution in [0.15, 0.2) is 54.7 Å². The highest BCUT2D eigenvalue weighted by Crippen LogP contribution is 2.33. The molecule has 32 heavy (non-hydrogen) atoms. The van der Waals surface area contributed by atoms with Crippen molar-refractivity contribution in [3.8, 4) is 11.5 Å². The lowest BCUT2D eigenvalue weighted by Gasteiger charge is -2.29. The number of ether oxygens (including phenoxy) is 3. The van der Waals surface area contributed by atoms with Gasteiger partial charge in [-0.25, -0.2) is 4.79 Å². The molecule has 1 aromatic heterocycles. The van der Waals surface area contributed by atoms with E-state index >= 15 is 0 Å². The lowest BCUT2D eigenvalue weighted by molar-refractivity contribution is -0.148. The molecule has 0 radical (unpaired) electrons. The van der Waals surface area contributed by atoms with Crippen LogP contribution < -0.4 is 9.47 Å². The normalized spacial score (nSPS) is 13.1. The van der Waals surface area contributed by atoms with Crippen molar-refractivity contribution in [2.45, 2.75) is 13.0 Å². The third-order valence-electron chi connectivity index (χ3n) is 5.47. The number of carbonyl (C=O) groups is 2. The maximum atomic E-state index is 12.6. The molecule has 4 rings (SSSR count). The molecule has 1 aliphatic rings. The Kier molecular flexibility index (Phi) is 6.35. The molecule has 3 aromatic rings. The summed E-state index contributed by atoms with van der Waals surface area (Å²) < 4.78 is 15.9. The number of rotatable bonds is 6. The van der Waals surface area contributed by atoms with Crippen molar-refractivity contribution in [1.29, 1.82) is 0 Å². The van der Waals surface area contributed by atoms with Crippen molar-refractivity contribution >= 4 is 28.9 Å². The van der Waals surface area contributed by atoms with Gasteiger partial charge in [0.2, 0.25) is 0 Å². The first-order chi connectivity index (χ1) is 15.6. The van der Waals surface area contributed by atoms with Crippen LogP contribution in [0.4, 0.5) is 0 Å². The Bertz CT molecular complexity index is 1180. The van der Waals surface area contributed by atoms with Gasteiger partial charge in [0, 0.05) is 36.3 Å². The van der Waals surface area contributed by atoms with E-state index in [1.54, 1.807) is 31.4 Å². The zero-order valence-corrected chi connectivity index (χ0v) is 18.0. The number of benzene rings is 2. The summed E-state index contributed by atoms with van der Waals surface area (Å²) in [6, 6.07) is 13.4. The second-order valence-corrected chi connectivity index (χ2v) is 7.40. The van der Waals surface area contributed by atoms with Gasteiger partial charge in [-0.2, -0.15) is 0 Å². The van der Waals surface area contributed by atoms with Gasteiger partial charge in [0.1, 0.15) is 0 Å². The highest BCUT2D eigenvalue weighted by molar-refractivity contribution is 5.93. The molecule has 2 heterocycles. The second kappa shape index (κ2) is 9.51. The molecule has 0 bridgehead atoms. The summed E-state index contributed by atoms with van der Waals surface area (Å²) in [4.78, 5) is 30.8. The first-order valence-electron chi connectivity index (χ1n) is 10.3. The summed E-state index contributed by atoms with van der Waals surface area (Å²) in [5.74, 6) is 0.488. The van der Waals surface area contributed by atoms with Gasteiger partial charge in [0.25, 0.3) is 5.91 Å². The maximum absolute atomic E-state index is 12.6. The number of para-hydroxylation sites is 1. The molecule has 0 saturated carbocycles. The van der Waals surface area contributed by atoms with Crippen molar-refractivity contribution in [2.24, 2.45) is 0 Å². The molecule has 0 spiro atoms. The fraction of sp³-hybridized carbons (Fsp3) is 0.240. The van der Waals surface area contributed by atoms with Gasteiger partial charge in [-0.3, -0.25) is 9.78 Å². The Hall–Kier alpha value is -3.87. The van der Waals surface area contributed by atoms with E-state index in [9.17, 15) is 9.59 Å². The zero-order valence-electron chi connectivity index (χ0n) is 18.0. The predicted molar refractivity (Wildman–Crippen MR) is 120 cm³/mol. The largest absolute Gasteiger partial charge is 0.493 e. The van der Waals surface area contributed by atoms with Gasteiger partial charge in [-0.1, -0.05) is 24.3 Å². The minimum absolute atomic E-state index is 0.237. The van der Waals surface area contributed by atoms with Crippen molar-refractivity contribution in [1.82, 2.24) is 9.88 Å². The minimum Gasteiger partial charge on any atom is -0.493 e. The monoisotopic (exact) mass is 432 g/mol. The molecular weight excluding hydrogens is 408 g/mol. The Balaban J connectivity index is 1.36. The molecule has 1 amide bonds. The third-order valence-corrected chi connectivity index (χ3v) is 5.47. The molecule has 7 heteroatoms. The van der Waals surface area contributed by atoms with Crippen LogP contribution in [0.5, 0.6) is 11.5 Å². The third kappa shape index (κ3) is 4.56. The lowest BCUT2D eigenvalue weighted by Crippen LogP contribution is -2.38. The topological polar surface area (TPSA) is 78.0 Å². The molecular formula is C25H24N2O5. The van der Waals surface area contributed by atoms with Crippen LogP contribution >= 0.6 is 0 Å². The van der Waals surface area contributed by atoms with Gasteiger partial charge in [0.05, 0.1) is 19.7 Å². The summed E-state index contributed by atoms with van der Waals surface area (Å²) in [5.41, 5.74) is 3.73. The standard InChI is InChI=1S/C25H24N2O5/c1-30-21-13-19-10-12-27(15-20(19)14-22(21)31-2)23(28)16-32-24(29)9-8-18-6-3-5-17-7-4-11-26-25(17)18/h3-9,11,13-14H,10,12,15-16H2,1-2H3/b9-8+. The number of nitrogens with zero attached hydrogens (tertiary/aromatic N) is 2. The van der Waals surface area contributed by atoms with Crippen LogP contribution in [-0.2, 0) is 27.3 Å². The molecule has 2 aromatic carbocycles. The van der Waals surface area contributed by atoms with Gasteiger partial charge < -0.3 is 19.1 Å². The van der Waals surface area contributed by atoms with Gasteiger partial charge in [-0.05, 0) is 41.8 Å². The number of fused-ring (bicyclic) bond motifs is 2. The van der Waals surface area contributed by atoms with Crippen LogP contribution in [0.2, 0.25) is 0 Å². The van der Waals surface area contributed by atoms with Crippen molar-refractivity contribution in [3.63, 3.8) is 0 Å². The number of pyridine rings is 1. The molecule has 0 unspecified atom stereocenters. The van der Waals surface area contributed by atoms with Crippen LogP contribution in [0.3, 0.4) is 0 Å². The molecule has 0 N–H and O–H groups in total. The van der Waals surface area contributed by atoms with E-state index in [1.165, 1.54) is 6.08 Å². The molecule has 1 aliphatic heterocycles. The zero-order chi connectivity index (χ0) is 22.5. The summed E-state index contributed by atoms with van der Waals surface area (Å²) in [5, 5.41) is 0.984. The van der Waals surface area contributed by atoms with Gasteiger partial charge in [-0.15, -0.1) is 0 Å². The second-order valence-electron chi connectivity index (χ2n) is 7.40. The average molecular weight is 432 g/mol. The first-order valence-corrected chi connectivity index (χ1v) is 10.3. The summed E-state index contributed by atoms with van der Waals surface area (Å²) in [6.07, 6.45) is 5.38. The van der Waals surface area contributed by atoms with Crippen molar-refractivity contribution in [3.05, 3.63) is 71.4 Å². The quantitative estimate of drug-likeness (QED) is 0.439. The lowest BCUT2D eigenvalue weighted by atomic mass is 9.99. The smallest absolute Gasteiger partial charge is 0.331 e. The Labute approximate surface area is 186 Å². The number of carbonyl (C=O) groups excluding carboxylic acids is 2. The SMILES string of the molecule is COc1cc2c(cc1OC)CN(C(=O)COC(=O)/C=C/c1cccc3cccnc13)CC2. The van der Waals surface area contributed by atoms with Crippen LogP contribution in [-0.4, -0.2) is 49.1 Å². The summed E-state index contributed by atoms with van der Waals surface area (Å²) >= 11 is 0. The molecule has 0 saturated heterocycles. The Morgan fingerprint density at radius 1 is 1.06 bits per heavy atom. The van der Waals surface area contributed by atoms with E-state index in [0.29, 0.717) is 31.0 Å². The molecule has 0 atom stereocenters. The Morgan fingerprint density at radius 2 is 1.81 bits per heavy atom. The highest BCUT2D eigenvalue weighted by atomic mass is 16.5. The van der Waals surface area contributed by atoms with Gasteiger partial charge in [0.15, 0.2) is 18.1 Å². The van der Waals surface area contributed by atoms with Crippen LogP contribution in [0.1, 0.15) is 16.7 Å². The van der Waals surface area contributed by atoms with Crippen molar-refractivity contribution in [2.75, 3.05) is 27.4 Å². The number of hydrogen-bond acceptors (Lipinski definition) is 6. The highest BCUT2D eigenvalue weighted by Gasteiger charge is 2.23. The predicted octanol–water partition coefficient (Wildman–Crippen LogP) is 3.39.